The molecule has 27 heavy (non-hydrogen) atoms. The summed E-state index contributed by atoms with van der Waals surface area (Å²) in [4.78, 5) is 4.55. The number of halogens is 1. The Bertz CT molecular complexity index is 870. The van der Waals surface area contributed by atoms with E-state index in [-0.39, 0.29) is 5.82 Å². The van der Waals surface area contributed by atoms with E-state index in [1.54, 1.807) is 12.1 Å². The second-order valence-electron chi connectivity index (χ2n) is 6.96. The highest BCUT2D eigenvalue weighted by Gasteiger charge is 2.21. The first-order valence-corrected chi connectivity index (χ1v) is 9.53. The van der Waals surface area contributed by atoms with Gasteiger partial charge in [0.05, 0.1) is 0 Å². The molecule has 0 spiro atoms. The third-order valence-electron chi connectivity index (χ3n) is 5.07. The van der Waals surface area contributed by atoms with Gasteiger partial charge in [0.15, 0.2) is 5.82 Å². The molecule has 0 radical (unpaired) electrons. The van der Waals surface area contributed by atoms with Gasteiger partial charge in [0.2, 0.25) is 5.89 Å². The number of hydrogen-bond acceptors (Lipinski definition) is 4. The summed E-state index contributed by atoms with van der Waals surface area (Å²) < 4.78 is 24.7. The molecule has 3 aromatic rings. The van der Waals surface area contributed by atoms with Gasteiger partial charge in [-0.3, -0.25) is 0 Å². The van der Waals surface area contributed by atoms with Crippen LogP contribution in [0.4, 0.5) is 4.39 Å². The Morgan fingerprint density at radius 2 is 1.74 bits per heavy atom. The van der Waals surface area contributed by atoms with Gasteiger partial charge in [-0.05, 0) is 42.9 Å². The Morgan fingerprint density at radius 1 is 0.963 bits per heavy atom. The predicted octanol–water partition coefficient (Wildman–Crippen LogP) is 4.95. The van der Waals surface area contributed by atoms with Crippen LogP contribution in [0.15, 0.2) is 53.1 Å². The number of rotatable bonds is 6. The summed E-state index contributed by atoms with van der Waals surface area (Å²) in [5, 5.41) is 4.14. The molecule has 0 saturated carbocycles. The fourth-order valence-corrected chi connectivity index (χ4v) is 3.48. The van der Waals surface area contributed by atoms with Crippen LogP contribution in [0, 0.1) is 5.82 Å². The highest BCUT2D eigenvalue weighted by atomic mass is 19.1. The fraction of sp³-hybridized carbons (Fsp3) is 0.364. The molecule has 1 fully saturated rings. The van der Waals surface area contributed by atoms with Crippen LogP contribution in [0.25, 0.3) is 11.1 Å². The second kappa shape index (κ2) is 8.44. The summed E-state index contributed by atoms with van der Waals surface area (Å²) in [6.45, 7) is 1.55. The van der Waals surface area contributed by atoms with Crippen LogP contribution in [0.5, 0.6) is 0 Å². The van der Waals surface area contributed by atoms with Crippen LogP contribution in [-0.2, 0) is 17.6 Å². The highest BCUT2D eigenvalue weighted by molar-refractivity contribution is 5.64. The predicted molar refractivity (Wildman–Crippen MR) is 101 cm³/mol. The van der Waals surface area contributed by atoms with Crippen molar-refractivity contribution in [3.05, 3.63) is 71.6 Å². The SMILES string of the molecule is Fc1ccccc1-c1ccc(CCCc2nc(C3CCOCC3)no2)cc1. The van der Waals surface area contributed by atoms with Gasteiger partial charge < -0.3 is 9.26 Å². The first-order valence-electron chi connectivity index (χ1n) is 9.53. The largest absolute Gasteiger partial charge is 0.381 e. The average molecular weight is 366 g/mol. The van der Waals surface area contributed by atoms with Crippen molar-refractivity contribution in [2.75, 3.05) is 13.2 Å². The minimum Gasteiger partial charge on any atom is -0.381 e. The first kappa shape index (κ1) is 17.9. The van der Waals surface area contributed by atoms with E-state index in [1.165, 1.54) is 11.6 Å². The van der Waals surface area contributed by atoms with Crippen LogP contribution in [0.3, 0.4) is 0 Å². The molecule has 4 nitrogen and oxygen atoms in total. The van der Waals surface area contributed by atoms with Crippen LogP contribution < -0.4 is 0 Å². The molecule has 0 N–H and O–H groups in total. The Balaban J connectivity index is 1.30. The molecular weight excluding hydrogens is 343 g/mol. The highest BCUT2D eigenvalue weighted by Crippen LogP contribution is 2.25. The maximum absolute atomic E-state index is 13.9. The van der Waals surface area contributed by atoms with E-state index in [4.69, 9.17) is 9.26 Å². The smallest absolute Gasteiger partial charge is 0.226 e. The maximum atomic E-state index is 13.9. The minimum absolute atomic E-state index is 0.193. The summed E-state index contributed by atoms with van der Waals surface area (Å²) in [6, 6.07) is 14.9. The van der Waals surface area contributed by atoms with Crippen LogP contribution >= 0.6 is 0 Å². The Kier molecular flexibility index (Phi) is 5.58. The maximum Gasteiger partial charge on any atom is 0.226 e. The molecule has 0 amide bonds. The zero-order valence-corrected chi connectivity index (χ0v) is 15.2. The summed E-state index contributed by atoms with van der Waals surface area (Å²) >= 11 is 0. The van der Waals surface area contributed by atoms with E-state index >= 15 is 0 Å². The second-order valence-corrected chi connectivity index (χ2v) is 6.96. The van der Waals surface area contributed by atoms with E-state index in [0.717, 1.165) is 56.7 Å². The molecule has 1 aromatic heterocycles. The van der Waals surface area contributed by atoms with Crippen molar-refractivity contribution in [1.29, 1.82) is 0 Å². The van der Waals surface area contributed by atoms with E-state index < -0.39 is 0 Å². The molecule has 0 aliphatic carbocycles. The molecule has 0 unspecified atom stereocenters. The summed E-state index contributed by atoms with van der Waals surface area (Å²) in [7, 11) is 0. The van der Waals surface area contributed by atoms with Crippen LogP contribution in [0.2, 0.25) is 0 Å². The van der Waals surface area contributed by atoms with Gasteiger partial charge in [-0.2, -0.15) is 4.98 Å². The topological polar surface area (TPSA) is 48.2 Å². The number of benzene rings is 2. The van der Waals surface area contributed by atoms with Gasteiger partial charge in [-0.15, -0.1) is 0 Å². The van der Waals surface area contributed by atoms with Gasteiger partial charge >= 0.3 is 0 Å². The zero-order valence-electron chi connectivity index (χ0n) is 15.2. The normalized spacial score (nSPS) is 15.1. The Hall–Kier alpha value is -2.53. The molecule has 1 aliphatic heterocycles. The molecule has 4 rings (SSSR count). The average Bonchev–Trinajstić information content (AvgIpc) is 3.19. The first-order chi connectivity index (χ1) is 13.3. The lowest BCUT2D eigenvalue weighted by Gasteiger charge is -2.18. The zero-order chi connectivity index (χ0) is 18.5. The molecule has 0 bridgehead atoms. The summed E-state index contributed by atoms with van der Waals surface area (Å²) in [5.41, 5.74) is 2.75. The summed E-state index contributed by atoms with van der Waals surface area (Å²) in [5.74, 6) is 1.70. The third kappa shape index (κ3) is 4.42. The van der Waals surface area contributed by atoms with Crippen LogP contribution in [-0.4, -0.2) is 23.4 Å². The molecule has 2 heterocycles. The Morgan fingerprint density at radius 3 is 2.52 bits per heavy atom. The molecule has 5 heteroatoms. The van der Waals surface area contributed by atoms with Gasteiger partial charge in [0.1, 0.15) is 5.82 Å². The summed E-state index contributed by atoms with van der Waals surface area (Å²) in [6.07, 6.45) is 4.56. The van der Waals surface area contributed by atoms with Crippen molar-refractivity contribution < 1.29 is 13.7 Å². The van der Waals surface area contributed by atoms with Gasteiger partial charge in [0, 0.05) is 31.1 Å². The van der Waals surface area contributed by atoms with Gasteiger partial charge in [0.25, 0.3) is 0 Å². The third-order valence-corrected chi connectivity index (χ3v) is 5.07. The van der Waals surface area contributed by atoms with E-state index in [2.05, 4.69) is 22.3 Å². The van der Waals surface area contributed by atoms with E-state index in [1.807, 2.05) is 18.2 Å². The lowest BCUT2D eigenvalue weighted by molar-refractivity contribution is 0.0830. The Labute approximate surface area is 158 Å². The van der Waals surface area contributed by atoms with Crippen molar-refractivity contribution in [1.82, 2.24) is 10.1 Å². The number of nitrogens with zero attached hydrogens (tertiary/aromatic N) is 2. The molecule has 1 saturated heterocycles. The number of hydrogen-bond donors (Lipinski definition) is 0. The van der Waals surface area contributed by atoms with Crippen molar-refractivity contribution in [3.8, 4) is 11.1 Å². The van der Waals surface area contributed by atoms with Gasteiger partial charge in [-0.1, -0.05) is 47.6 Å². The molecular formula is C22H23FN2O2. The fourth-order valence-electron chi connectivity index (χ4n) is 3.48. The van der Waals surface area contributed by atoms with Crippen molar-refractivity contribution in [2.24, 2.45) is 0 Å². The monoisotopic (exact) mass is 366 g/mol. The van der Waals surface area contributed by atoms with Crippen molar-refractivity contribution in [2.45, 2.75) is 38.0 Å². The molecule has 2 aromatic carbocycles. The lowest BCUT2D eigenvalue weighted by atomic mass is 10.00. The number of ether oxygens (including phenoxy) is 1. The van der Waals surface area contributed by atoms with E-state index in [9.17, 15) is 4.39 Å². The van der Waals surface area contributed by atoms with Gasteiger partial charge in [-0.25, -0.2) is 4.39 Å². The standard InChI is InChI=1S/C22H23FN2O2/c23-20-6-2-1-5-19(20)17-10-8-16(9-11-17)4-3-7-21-24-22(25-27-21)18-12-14-26-15-13-18/h1-2,5-6,8-11,18H,3-4,7,12-15H2. The number of aromatic nitrogens is 2. The number of aryl methyl sites for hydroxylation is 2. The quantitative estimate of drug-likeness (QED) is 0.620. The lowest BCUT2D eigenvalue weighted by Crippen LogP contribution is -2.15. The molecule has 0 atom stereocenters. The van der Waals surface area contributed by atoms with Crippen molar-refractivity contribution >= 4 is 0 Å². The molecule has 140 valence electrons. The minimum atomic E-state index is -0.193. The molecule has 1 aliphatic rings. The van der Waals surface area contributed by atoms with E-state index in [0.29, 0.717) is 17.4 Å². The van der Waals surface area contributed by atoms with Crippen LogP contribution in [0.1, 0.15) is 42.5 Å². The van der Waals surface area contributed by atoms with Crippen molar-refractivity contribution in [3.63, 3.8) is 0 Å².